The van der Waals surface area contributed by atoms with Crippen LogP contribution in [0, 0.1) is 0 Å². The van der Waals surface area contributed by atoms with Crippen LogP contribution in [-0.4, -0.2) is 215 Å². The molecule has 0 amide bonds. The fourth-order valence-corrected chi connectivity index (χ4v) is 14.2. The van der Waals surface area contributed by atoms with E-state index in [0.29, 0.717) is 30.3 Å². The van der Waals surface area contributed by atoms with Gasteiger partial charge in [-0.25, -0.2) is 83.0 Å². The highest BCUT2D eigenvalue weighted by Crippen LogP contribution is 2.65. The Balaban J connectivity index is 0.000000195. The molecule has 10 rings (SSSR count). The molecule has 47 heteroatoms. The molecule has 0 unspecified atom stereocenters. The first-order valence-electron chi connectivity index (χ1n) is 29.6. The number of H-pyrrole nitrogens is 3. The van der Waals surface area contributed by atoms with Crippen LogP contribution in [0.4, 0.5) is 32.3 Å². The number of aromatic nitrogens is 6. The lowest BCUT2D eigenvalue weighted by atomic mass is 9.88. The maximum Gasteiger partial charge on any atom is 0.510 e. The Kier molecular flexibility index (Phi) is 24.4. The zero-order chi connectivity index (χ0) is 73.5. The molecule has 3 aromatic heterocycles. The van der Waals surface area contributed by atoms with Crippen molar-refractivity contribution in [2.24, 2.45) is 0 Å². The molecule has 2 spiro atoms. The third kappa shape index (κ3) is 16.1. The topological polar surface area (TPSA) is 522 Å². The number of nitrogens with one attached hydrogen (secondary N) is 3. The molecule has 100 heavy (non-hydrogen) atoms. The van der Waals surface area contributed by atoms with Gasteiger partial charge in [-0.1, -0.05) is 0 Å². The maximum absolute atomic E-state index is 15.1. The summed E-state index contributed by atoms with van der Waals surface area (Å²) in [5.74, 6) is -7.68. The quantitative estimate of drug-likeness (QED) is 0.0339. The summed E-state index contributed by atoms with van der Waals surface area (Å²) in [6.45, 7) is -5.35. The van der Waals surface area contributed by atoms with Crippen molar-refractivity contribution < 1.29 is 155 Å². The molecule has 560 valence electrons. The van der Waals surface area contributed by atoms with Gasteiger partial charge in [0, 0.05) is 62.5 Å². The van der Waals surface area contributed by atoms with Gasteiger partial charge in [-0.05, 0) is 46.5 Å². The molecule has 2 saturated carbocycles. The molecule has 0 bridgehead atoms. The first kappa shape index (κ1) is 78.4. The second-order valence-corrected chi connectivity index (χ2v) is 26.3. The predicted octanol–water partition coefficient (Wildman–Crippen LogP) is 1.51. The summed E-state index contributed by atoms with van der Waals surface area (Å²) in [6, 6.07) is 3.08. The Bertz CT molecular complexity index is 3840. The summed E-state index contributed by atoms with van der Waals surface area (Å²) in [5, 5.41) is 31.3. The van der Waals surface area contributed by atoms with Gasteiger partial charge in [0.1, 0.15) is 49.0 Å². The molecule has 3 aromatic rings. The Morgan fingerprint density at radius 1 is 0.520 bits per heavy atom. The SMILES string of the molecule is COC(=O)OCOP(=O)(OCOC(=O)OC)O[C@@]1(CF)O[C@@H](n2ccc(=O)[nH]c2=O)[C@](C)(O)[C@@H]1O.COC(=O)OCOP(=O)(OCOC(=O)OC)O[C@@]1(CF)O[C@@H](n2ccc(=O)[nH]c2=O)[C@]2(C)OC3(CCCC3)O[C@H]12.C[C@@]12OC3(CCCC3)O[C@@H]1[C@](CO)(CF)O[C@H]2n1ccc(=O)[nH]c1=O. The van der Waals surface area contributed by atoms with Crippen LogP contribution in [-0.2, 0) is 107 Å². The van der Waals surface area contributed by atoms with Gasteiger partial charge < -0.3 is 86.4 Å². The van der Waals surface area contributed by atoms with Crippen molar-refractivity contribution in [1.82, 2.24) is 28.7 Å². The highest BCUT2D eigenvalue weighted by molar-refractivity contribution is 7.48. The molecule has 5 aliphatic heterocycles. The van der Waals surface area contributed by atoms with Crippen molar-refractivity contribution >= 4 is 40.3 Å². The Hall–Kier alpha value is -7.27. The molecule has 7 aliphatic rings. The van der Waals surface area contributed by atoms with Gasteiger partial charge in [0.2, 0.25) is 38.7 Å². The Morgan fingerprint density at radius 2 is 0.850 bits per heavy atom. The smallest absolute Gasteiger partial charge is 0.438 e. The number of phosphoric ester groups is 2. The van der Waals surface area contributed by atoms with Crippen LogP contribution in [0.1, 0.15) is 90.8 Å². The molecule has 8 heterocycles. The number of rotatable bonds is 23. The van der Waals surface area contributed by atoms with Gasteiger partial charge in [-0.15, -0.1) is 0 Å². The van der Waals surface area contributed by atoms with Crippen molar-refractivity contribution in [3.8, 4) is 0 Å². The number of phosphoric acid groups is 2. The molecule has 6 N–H and O–H groups in total. The normalized spacial score (nSPS) is 30.5. The minimum Gasteiger partial charge on any atom is -0.438 e. The molecular weight excluding hydrogens is 1420 g/mol. The second-order valence-electron chi connectivity index (χ2n) is 23.1. The van der Waals surface area contributed by atoms with E-state index < -0.39 is 210 Å². The second kappa shape index (κ2) is 31.1. The minimum absolute atomic E-state index is 0.416. The fourth-order valence-electron chi connectivity index (χ4n) is 12.0. The lowest BCUT2D eigenvalue weighted by molar-refractivity contribution is -0.294. The van der Waals surface area contributed by atoms with Gasteiger partial charge in [-0.3, -0.25) is 43.0 Å². The average Bonchev–Trinajstić information content (AvgIpc) is 1.54. The number of halogens is 3. The molecule has 5 saturated heterocycles. The summed E-state index contributed by atoms with van der Waals surface area (Å²) in [6.07, 6.45) is -5.48. The number of aromatic amines is 3. The number of hydrogen-bond acceptors (Lipinski definition) is 36. The number of aliphatic hydroxyl groups is 3. The number of alkyl halides is 3. The maximum atomic E-state index is 15.1. The van der Waals surface area contributed by atoms with E-state index in [1.54, 1.807) is 6.92 Å². The summed E-state index contributed by atoms with van der Waals surface area (Å²) in [5.41, 5.74) is -11.7. The van der Waals surface area contributed by atoms with Crippen LogP contribution in [0.5, 0.6) is 0 Å². The van der Waals surface area contributed by atoms with Crippen LogP contribution in [0.3, 0.4) is 0 Å². The number of fused-ring (bicyclic) bond motifs is 2. The van der Waals surface area contributed by atoms with Crippen LogP contribution in [0.25, 0.3) is 0 Å². The van der Waals surface area contributed by atoms with E-state index in [0.717, 1.165) is 94.7 Å². The van der Waals surface area contributed by atoms with E-state index in [9.17, 15) is 81.2 Å². The molecule has 2 aliphatic carbocycles. The Labute approximate surface area is 558 Å². The standard InChI is InChI=1S/C21H28FN2O15P.C16H22FN2O15P.C16H21FN2O6/c1-19-14(36-20(38-19)7-4-5-8-20)21(10-22,37-15(19)24-9-6-13(25)23-16(24)26)39-40(29,34-11-32-17(27)30-2)35-12-33-18(28)31-3;1-15(25)10(21)16(6-17,33-11(15)19-5-4-9(20)18-12(19)22)34-35(26,31-7-29-13(23)27-2)32-8-30-14(24)28-3;1-14-11(23-16(25-14)5-2-3-6-16)15(8-17,9-20)24-12(14)19-7-4-10(21)18-13(19)22/h6,9,14-15H,4-5,7-8,10-12H2,1-3H3,(H,23,25,26);4-5,10-11,21,25H,6-8H2,1-3H3,(H,18,20,22);4,7,11-12,20H,2-3,5-6,8-9H2,1H3,(H,18,21,22)/t14-,15+,19+,21+;10-,11+,15+,16+;11-,12+,14+,15+/m000/s1. The van der Waals surface area contributed by atoms with Crippen molar-refractivity contribution in [1.29, 1.82) is 0 Å². The van der Waals surface area contributed by atoms with Crippen LogP contribution in [0.15, 0.2) is 65.6 Å². The van der Waals surface area contributed by atoms with Crippen molar-refractivity contribution in [3.63, 3.8) is 0 Å². The van der Waals surface area contributed by atoms with Crippen molar-refractivity contribution in [2.45, 2.75) is 155 Å². The minimum atomic E-state index is -5.16. The zero-order valence-corrected chi connectivity index (χ0v) is 55.7. The van der Waals surface area contributed by atoms with Crippen LogP contribution >= 0.6 is 15.6 Å². The summed E-state index contributed by atoms with van der Waals surface area (Å²) in [4.78, 5) is 122. The largest absolute Gasteiger partial charge is 0.510 e. The van der Waals surface area contributed by atoms with E-state index in [4.69, 9.17) is 60.3 Å². The third-order valence-electron chi connectivity index (χ3n) is 16.5. The average molecular weight is 1490 g/mol. The van der Waals surface area contributed by atoms with Gasteiger partial charge in [0.05, 0.1) is 35.0 Å². The van der Waals surface area contributed by atoms with Crippen LogP contribution in [0.2, 0.25) is 0 Å². The summed E-state index contributed by atoms with van der Waals surface area (Å²) >= 11 is 0. The highest BCUT2D eigenvalue weighted by Gasteiger charge is 2.76. The monoisotopic (exact) mass is 1490 g/mol. The molecule has 0 aromatic carbocycles. The number of carbonyl (C=O) groups is 4. The number of carbonyl (C=O) groups excluding carboxylic acids is 4. The number of hydrogen-bond donors (Lipinski definition) is 6. The fraction of sp³-hybridized carbons (Fsp3) is 0.698. The zero-order valence-electron chi connectivity index (χ0n) is 53.9. The van der Waals surface area contributed by atoms with E-state index in [-0.39, 0.29) is 0 Å². The molecule has 7 fully saturated rings. The van der Waals surface area contributed by atoms with E-state index in [1.165, 1.54) is 19.2 Å². The van der Waals surface area contributed by atoms with Gasteiger partial charge >= 0.3 is 57.3 Å². The van der Waals surface area contributed by atoms with E-state index in [2.05, 4.69) is 47.9 Å². The van der Waals surface area contributed by atoms with Gasteiger partial charge in [-0.2, -0.15) is 0 Å². The number of nitrogens with zero attached hydrogens (tertiary/aromatic N) is 3. The van der Waals surface area contributed by atoms with Gasteiger partial charge in [0.15, 0.2) is 42.0 Å². The first-order chi connectivity index (χ1) is 47.2. The van der Waals surface area contributed by atoms with E-state index in [1.807, 2.05) is 4.98 Å². The predicted molar refractivity (Wildman–Crippen MR) is 310 cm³/mol. The molecule has 0 radical (unpaired) electrons. The molecule has 42 nitrogen and oxygen atoms in total. The first-order valence-corrected chi connectivity index (χ1v) is 32.5. The van der Waals surface area contributed by atoms with E-state index >= 15 is 4.39 Å². The molecular formula is C53H71F3N6O36P2. The summed E-state index contributed by atoms with van der Waals surface area (Å²) < 4.78 is 179. The van der Waals surface area contributed by atoms with Crippen molar-refractivity contribution in [2.75, 3.05) is 82.2 Å². The highest BCUT2D eigenvalue weighted by atomic mass is 31.2. The van der Waals surface area contributed by atoms with Gasteiger partial charge in [0.25, 0.3) is 16.7 Å². The molecule has 12 atom stereocenters. The lowest BCUT2D eigenvalue weighted by Gasteiger charge is -2.34. The Morgan fingerprint density at radius 3 is 1.19 bits per heavy atom. The van der Waals surface area contributed by atoms with Crippen LogP contribution < -0.4 is 33.7 Å². The number of aliphatic hydroxyl groups excluding tert-OH is 2. The number of ether oxygens (including phenoxy) is 15. The summed E-state index contributed by atoms with van der Waals surface area (Å²) in [7, 11) is -6.33. The number of methoxy groups -OCH3 is 4. The lowest BCUT2D eigenvalue weighted by Crippen LogP contribution is -2.52. The van der Waals surface area contributed by atoms with Crippen molar-refractivity contribution in [3.05, 3.63) is 99.3 Å². The third-order valence-corrected chi connectivity index (χ3v) is 19.2.